The molecule has 0 bridgehead atoms. The molecular weight excluding hydrogens is 336 g/mol. The smallest absolute Gasteiger partial charge is 0.310 e. The van der Waals surface area contributed by atoms with E-state index in [-0.39, 0.29) is 19.0 Å². The van der Waals surface area contributed by atoms with E-state index >= 15 is 0 Å². The van der Waals surface area contributed by atoms with Gasteiger partial charge in [-0.1, -0.05) is 61.2 Å². The average molecular weight is 356 g/mol. The van der Waals surface area contributed by atoms with Crippen LogP contribution in [0.4, 0.5) is 0 Å². The maximum absolute atomic E-state index is 12.3. The number of ether oxygens (including phenoxy) is 2. The predicted octanol–water partition coefficient (Wildman–Crippen LogP) is 5.44. The van der Waals surface area contributed by atoms with Gasteiger partial charge in [0.05, 0.1) is 6.42 Å². The van der Waals surface area contributed by atoms with E-state index in [2.05, 4.69) is 18.7 Å². The molecule has 3 aromatic carbocycles. The Labute approximate surface area is 158 Å². The molecule has 0 N–H and O–H groups in total. The summed E-state index contributed by atoms with van der Waals surface area (Å²) in [5.41, 5.74) is 3.99. The van der Waals surface area contributed by atoms with Gasteiger partial charge in [0.25, 0.3) is 0 Å². The monoisotopic (exact) mass is 356 g/mol. The summed E-state index contributed by atoms with van der Waals surface area (Å²) in [5, 5.41) is 2.25. The number of allylic oxidation sites excluding steroid dienone is 2. The van der Waals surface area contributed by atoms with E-state index in [0.717, 1.165) is 38.8 Å². The van der Waals surface area contributed by atoms with Gasteiger partial charge < -0.3 is 9.47 Å². The van der Waals surface area contributed by atoms with E-state index in [0.29, 0.717) is 5.76 Å². The maximum Gasteiger partial charge on any atom is 0.310 e. The topological polar surface area (TPSA) is 35.5 Å². The molecule has 0 unspecified atom stereocenters. The molecular formula is C24H20O3. The van der Waals surface area contributed by atoms with Crippen molar-refractivity contribution in [2.75, 3.05) is 0 Å². The molecule has 0 spiro atoms. The first-order chi connectivity index (χ1) is 13.1. The van der Waals surface area contributed by atoms with Crippen LogP contribution in [0.3, 0.4) is 0 Å². The number of rotatable bonds is 4. The lowest BCUT2D eigenvalue weighted by molar-refractivity contribution is -0.144. The average Bonchev–Trinajstić information content (AvgIpc) is 2.66. The Balaban J connectivity index is 1.45. The number of benzene rings is 3. The van der Waals surface area contributed by atoms with Gasteiger partial charge >= 0.3 is 5.97 Å². The summed E-state index contributed by atoms with van der Waals surface area (Å²) in [4.78, 5) is 12.3. The molecule has 0 aliphatic carbocycles. The predicted molar refractivity (Wildman–Crippen MR) is 107 cm³/mol. The number of hydrogen-bond acceptors (Lipinski definition) is 3. The van der Waals surface area contributed by atoms with Crippen molar-refractivity contribution in [1.82, 2.24) is 0 Å². The first kappa shape index (κ1) is 17.1. The minimum absolute atomic E-state index is 0.205. The van der Waals surface area contributed by atoms with Crippen LogP contribution in [0.15, 0.2) is 79.1 Å². The molecule has 134 valence electrons. The molecule has 4 rings (SSSR count). The number of esters is 1. The van der Waals surface area contributed by atoms with Crippen molar-refractivity contribution in [2.24, 2.45) is 0 Å². The third kappa shape index (κ3) is 3.63. The van der Waals surface area contributed by atoms with E-state index in [4.69, 9.17) is 9.47 Å². The zero-order chi connectivity index (χ0) is 18.8. The number of fused-ring (bicyclic) bond motifs is 2. The van der Waals surface area contributed by atoms with Crippen molar-refractivity contribution < 1.29 is 14.3 Å². The Hall–Kier alpha value is -3.33. The Morgan fingerprint density at radius 1 is 1.07 bits per heavy atom. The standard InChI is InChI=1S/C24H20O3/c1-16-12-17(2)27-23-13-18(10-11-21(16)23)14-24(25)26-15-20-8-5-7-19-6-3-4-9-22(19)20/h3-13H,2,14-15H2,1H3. The van der Waals surface area contributed by atoms with Crippen molar-refractivity contribution in [1.29, 1.82) is 0 Å². The maximum atomic E-state index is 12.3. The van der Waals surface area contributed by atoms with Crippen LogP contribution in [-0.4, -0.2) is 5.97 Å². The third-order valence-electron chi connectivity index (χ3n) is 4.71. The van der Waals surface area contributed by atoms with Crippen LogP contribution in [0, 0.1) is 0 Å². The lowest BCUT2D eigenvalue weighted by Crippen LogP contribution is -2.09. The van der Waals surface area contributed by atoms with Crippen LogP contribution in [-0.2, 0) is 22.6 Å². The van der Waals surface area contributed by atoms with Crippen LogP contribution < -0.4 is 4.74 Å². The molecule has 27 heavy (non-hydrogen) atoms. The third-order valence-corrected chi connectivity index (χ3v) is 4.71. The summed E-state index contributed by atoms with van der Waals surface area (Å²) in [6.45, 7) is 6.13. The van der Waals surface area contributed by atoms with Crippen LogP contribution in [0.2, 0.25) is 0 Å². The Bertz CT molecular complexity index is 1070. The first-order valence-corrected chi connectivity index (χ1v) is 8.91. The van der Waals surface area contributed by atoms with Gasteiger partial charge in [-0.05, 0) is 46.5 Å². The van der Waals surface area contributed by atoms with Crippen molar-refractivity contribution in [3.63, 3.8) is 0 Å². The molecule has 0 saturated heterocycles. The first-order valence-electron chi connectivity index (χ1n) is 8.91. The number of carbonyl (C=O) groups excluding carboxylic acids is 1. The van der Waals surface area contributed by atoms with Crippen LogP contribution in [0.1, 0.15) is 23.6 Å². The van der Waals surface area contributed by atoms with Crippen LogP contribution in [0.5, 0.6) is 5.75 Å². The van der Waals surface area contributed by atoms with Crippen LogP contribution >= 0.6 is 0 Å². The van der Waals surface area contributed by atoms with Crippen molar-refractivity contribution in [3.05, 3.63) is 95.8 Å². The summed E-state index contributed by atoms with van der Waals surface area (Å²) >= 11 is 0. The summed E-state index contributed by atoms with van der Waals surface area (Å²) in [6, 6.07) is 19.9. The van der Waals surface area contributed by atoms with Gasteiger partial charge in [0.1, 0.15) is 18.1 Å². The molecule has 3 nitrogen and oxygen atoms in total. The van der Waals surface area contributed by atoms with E-state index in [1.54, 1.807) is 0 Å². The van der Waals surface area contributed by atoms with E-state index in [9.17, 15) is 4.79 Å². The molecule has 0 atom stereocenters. The molecule has 3 aromatic rings. The Morgan fingerprint density at radius 2 is 1.89 bits per heavy atom. The highest BCUT2D eigenvalue weighted by Gasteiger charge is 2.15. The van der Waals surface area contributed by atoms with E-state index in [1.807, 2.05) is 61.5 Å². The lowest BCUT2D eigenvalue weighted by atomic mass is 10.0. The van der Waals surface area contributed by atoms with E-state index < -0.39 is 0 Å². The highest BCUT2D eigenvalue weighted by molar-refractivity contribution is 5.85. The van der Waals surface area contributed by atoms with Crippen molar-refractivity contribution >= 4 is 22.3 Å². The normalized spacial score (nSPS) is 12.9. The fourth-order valence-corrected chi connectivity index (χ4v) is 3.37. The molecule has 1 aliphatic rings. The molecule has 0 fully saturated rings. The minimum Gasteiger partial charge on any atom is -0.461 e. The molecule has 0 amide bonds. The van der Waals surface area contributed by atoms with Gasteiger partial charge in [0, 0.05) is 5.56 Å². The lowest BCUT2D eigenvalue weighted by Gasteiger charge is -2.18. The van der Waals surface area contributed by atoms with Gasteiger partial charge in [-0.2, -0.15) is 0 Å². The molecule has 0 aromatic heterocycles. The molecule has 3 heteroatoms. The summed E-state index contributed by atoms with van der Waals surface area (Å²) < 4.78 is 11.2. The molecule has 1 aliphatic heterocycles. The van der Waals surface area contributed by atoms with E-state index in [1.165, 1.54) is 0 Å². The van der Waals surface area contributed by atoms with Crippen molar-refractivity contribution in [2.45, 2.75) is 20.0 Å². The Kier molecular flexibility index (Phi) is 4.51. The summed E-state index contributed by atoms with van der Waals surface area (Å²) in [5.74, 6) is 1.08. The van der Waals surface area contributed by atoms with Gasteiger partial charge in [-0.25, -0.2) is 0 Å². The minimum atomic E-state index is -0.259. The van der Waals surface area contributed by atoms with Gasteiger partial charge in [0.2, 0.25) is 0 Å². The van der Waals surface area contributed by atoms with Gasteiger partial charge in [-0.15, -0.1) is 0 Å². The second-order valence-electron chi connectivity index (χ2n) is 6.70. The molecule has 1 heterocycles. The summed E-state index contributed by atoms with van der Waals surface area (Å²) in [6.07, 6.45) is 2.11. The molecule has 0 radical (unpaired) electrons. The summed E-state index contributed by atoms with van der Waals surface area (Å²) in [7, 11) is 0. The largest absolute Gasteiger partial charge is 0.461 e. The van der Waals surface area contributed by atoms with Gasteiger partial charge in [-0.3, -0.25) is 4.79 Å². The van der Waals surface area contributed by atoms with Crippen LogP contribution in [0.25, 0.3) is 16.3 Å². The fraction of sp³-hybridized carbons (Fsp3) is 0.125. The fourth-order valence-electron chi connectivity index (χ4n) is 3.37. The zero-order valence-corrected chi connectivity index (χ0v) is 15.2. The SMILES string of the molecule is C=C1C=C(C)c2ccc(CC(=O)OCc3cccc4ccccc34)cc2O1. The number of carbonyl (C=O) groups is 1. The second-order valence-corrected chi connectivity index (χ2v) is 6.70. The number of hydrogen-bond donors (Lipinski definition) is 0. The highest BCUT2D eigenvalue weighted by atomic mass is 16.5. The second kappa shape index (κ2) is 7.12. The van der Waals surface area contributed by atoms with Crippen molar-refractivity contribution in [3.8, 4) is 5.75 Å². The quantitative estimate of drug-likeness (QED) is 0.584. The van der Waals surface area contributed by atoms with Gasteiger partial charge in [0.15, 0.2) is 0 Å². The highest BCUT2D eigenvalue weighted by Crippen LogP contribution is 2.33. The zero-order valence-electron chi connectivity index (χ0n) is 15.2. The Morgan fingerprint density at radius 3 is 2.78 bits per heavy atom. The molecule has 0 saturated carbocycles.